The van der Waals surface area contributed by atoms with E-state index in [-0.39, 0.29) is 32.2 Å². The summed E-state index contributed by atoms with van der Waals surface area (Å²) in [5.41, 5.74) is 5.89. The first-order chi connectivity index (χ1) is 17.4. The van der Waals surface area contributed by atoms with Crippen LogP contribution < -0.4 is 31.4 Å². The summed E-state index contributed by atoms with van der Waals surface area (Å²) in [5, 5.41) is 2.70. The molecular weight excluding hydrogens is 583 g/mol. The Morgan fingerprint density at radius 2 is 1.18 bits per heavy atom. The van der Waals surface area contributed by atoms with Crippen LogP contribution in [0.4, 0.5) is 0 Å². The molecule has 0 aromatic heterocycles. The first-order valence-corrected chi connectivity index (χ1v) is 17.6. The molecule has 7 rings (SSSR count). The Morgan fingerprint density at radius 3 is 1.84 bits per heavy atom. The number of allylic oxidation sites excluding steroid dienone is 4. The SMILES string of the molecule is C.C1=CC[C]([Zr+2]([c]2ccccc2)([c]2ccccc2)[CH]2c3ccccc3-c3c2ccc2ccccc32)=C1.[Cl-].[Cl-]. The summed E-state index contributed by atoms with van der Waals surface area (Å²) in [4.78, 5) is 0. The van der Waals surface area contributed by atoms with Crippen LogP contribution in [0.1, 0.15) is 28.6 Å². The summed E-state index contributed by atoms with van der Waals surface area (Å²) in [7, 11) is 0. The zero-order chi connectivity index (χ0) is 23.2. The Labute approximate surface area is 243 Å². The quantitative estimate of drug-likeness (QED) is 0.292. The van der Waals surface area contributed by atoms with Gasteiger partial charge < -0.3 is 24.8 Å². The molecule has 0 saturated heterocycles. The fourth-order valence-corrected chi connectivity index (χ4v) is 20.8. The molecule has 0 nitrogen and oxygen atoms in total. The predicted molar refractivity (Wildman–Crippen MR) is 152 cm³/mol. The molecule has 2 aliphatic carbocycles. The molecule has 3 heteroatoms. The van der Waals surface area contributed by atoms with Gasteiger partial charge in [0.1, 0.15) is 0 Å². The van der Waals surface area contributed by atoms with E-state index in [1.807, 2.05) is 0 Å². The fourth-order valence-electron chi connectivity index (χ4n) is 6.64. The standard InChI is InChI=1S/C17H11.2C6H5.C5H5.CH4.2ClH.Zr/c1-3-7-15-12(5-1)9-10-14-11-13-6-2-4-8-16(13)17(14)15;2*1-2-4-6-5-3-1;1-2-4-5-3-1;;;;/h1-11H;2*1-5H;1-3H,4H2;1H4;2*1H;/q;;;;;;;+2/p-2. The third-order valence-corrected chi connectivity index (χ3v) is 21.2. The maximum Gasteiger partial charge on any atom is -1.00 e. The normalized spacial score (nSPS) is 14.5. The van der Waals surface area contributed by atoms with Crippen molar-refractivity contribution in [2.45, 2.75) is 17.5 Å². The largest absolute Gasteiger partial charge is 1.00 e. The van der Waals surface area contributed by atoms with Crippen LogP contribution in [0, 0.1) is 0 Å². The van der Waals surface area contributed by atoms with Crippen molar-refractivity contribution < 1.29 is 45.1 Å². The Morgan fingerprint density at radius 1 is 0.579 bits per heavy atom. The maximum atomic E-state index is 2.46. The van der Waals surface area contributed by atoms with Gasteiger partial charge in [0.25, 0.3) is 0 Å². The molecule has 1 atom stereocenters. The van der Waals surface area contributed by atoms with Gasteiger partial charge in [0.05, 0.1) is 0 Å². The van der Waals surface area contributed by atoms with Crippen molar-refractivity contribution in [3.8, 4) is 11.1 Å². The molecule has 0 amide bonds. The smallest absolute Gasteiger partial charge is 1.00 e. The Kier molecular flexibility index (Phi) is 8.63. The number of hydrogen-bond acceptors (Lipinski definition) is 0. The van der Waals surface area contributed by atoms with E-state index in [0.717, 1.165) is 6.42 Å². The van der Waals surface area contributed by atoms with Crippen LogP contribution >= 0.6 is 0 Å². The molecular formula is C35H30Cl2Zr. The second-order valence-corrected chi connectivity index (χ2v) is 19.4. The van der Waals surface area contributed by atoms with Crippen LogP contribution in [0.3, 0.4) is 0 Å². The molecule has 0 bridgehead atoms. The topological polar surface area (TPSA) is 0 Å². The second-order valence-electron chi connectivity index (χ2n) is 9.64. The van der Waals surface area contributed by atoms with E-state index in [2.05, 4.69) is 140 Å². The molecule has 0 fully saturated rings. The molecule has 5 aromatic rings. The first-order valence-electron chi connectivity index (χ1n) is 12.5. The van der Waals surface area contributed by atoms with Crippen LogP contribution in [0.25, 0.3) is 21.9 Å². The van der Waals surface area contributed by atoms with Gasteiger partial charge in [-0.2, -0.15) is 0 Å². The molecule has 0 spiro atoms. The van der Waals surface area contributed by atoms with Crippen molar-refractivity contribution in [3.05, 3.63) is 154 Å². The van der Waals surface area contributed by atoms with E-state index in [9.17, 15) is 0 Å². The van der Waals surface area contributed by atoms with Crippen molar-refractivity contribution in [2.75, 3.05) is 0 Å². The first kappa shape index (κ1) is 28.3. The van der Waals surface area contributed by atoms with Gasteiger partial charge in [-0.25, -0.2) is 0 Å². The summed E-state index contributed by atoms with van der Waals surface area (Å²) in [6.45, 7) is 0. The molecule has 5 aromatic carbocycles. The van der Waals surface area contributed by atoms with Gasteiger partial charge in [-0.15, -0.1) is 0 Å². The van der Waals surface area contributed by atoms with E-state index in [0.29, 0.717) is 3.63 Å². The minimum absolute atomic E-state index is 0. The number of hydrogen-bond donors (Lipinski definition) is 0. The number of benzene rings is 5. The van der Waals surface area contributed by atoms with Gasteiger partial charge >= 0.3 is 213 Å². The van der Waals surface area contributed by atoms with Crippen LogP contribution in [0.5, 0.6) is 0 Å². The molecule has 0 radical (unpaired) electrons. The van der Waals surface area contributed by atoms with E-state index in [1.165, 1.54) is 33.0 Å². The molecule has 0 saturated carbocycles. The average Bonchev–Trinajstić information content (AvgIpc) is 3.59. The van der Waals surface area contributed by atoms with Crippen molar-refractivity contribution in [2.24, 2.45) is 0 Å². The third kappa shape index (κ3) is 4.17. The van der Waals surface area contributed by atoms with Crippen molar-refractivity contribution in [1.82, 2.24) is 0 Å². The van der Waals surface area contributed by atoms with E-state index < -0.39 is 20.3 Å². The van der Waals surface area contributed by atoms with E-state index in [1.54, 1.807) is 9.82 Å². The van der Waals surface area contributed by atoms with Gasteiger partial charge in [-0.3, -0.25) is 0 Å². The zero-order valence-corrected chi connectivity index (χ0v) is 24.3. The monoisotopic (exact) mass is 610 g/mol. The average molecular weight is 613 g/mol. The van der Waals surface area contributed by atoms with Gasteiger partial charge in [0.2, 0.25) is 0 Å². The molecule has 2 aliphatic rings. The summed E-state index contributed by atoms with van der Waals surface area (Å²) >= 11 is -3.58. The maximum absolute atomic E-state index is 3.58. The van der Waals surface area contributed by atoms with Gasteiger partial charge in [0, 0.05) is 0 Å². The Hall–Kier alpha value is -2.70. The van der Waals surface area contributed by atoms with Crippen LogP contribution in [-0.2, 0) is 20.3 Å². The van der Waals surface area contributed by atoms with Gasteiger partial charge in [-0.1, -0.05) is 7.43 Å². The number of rotatable bonds is 4. The molecule has 0 aliphatic heterocycles. The van der Waals surface area contributed by atoms with E-state index >= 15 is 0 Å². The minimum atomic E-state index is -3.58. The Bertz CT molecular complexity index is 1580. The summed E-state index contributed by atoms with van der Waals surface area (Å²) in [5.74, 6) is 0. The fraction of sp³-hybridized carbons (Fsp3) is 0.0857. The molecule has 188 valence electrons. The Balaban J connectivity index is 0.00000112. The molecule has 0 heterocycles. The van der Waals surface area contributed by atoms with E-state index in [4.69, 9.17) is 0 Å². The van der Waals surface area contributed by atoms with Gasteiger partial charge in [0.15, 0.2) is 0 Å². The zero-order valence-electron chi connectivity index (χ0n) is 20.3. The van der Waals surface area contributed by atoms with Crippen molar-refractivity contribution in [3.63, 3.8) is 0 Å². The van der Waals surface area contributed by atoms with Crippen molar-refractivity contribution in [1.29, 1.82) is 0 Å². The van der Waals surface area contributed by atoms with Crippen molar-refractivity contribution >= 4 is 17.3 Å². The molecule has 38 heavy (non-hydrogen) atoms. The van der Waals surface area contributed by atoms with Crippen LogP contribution in [0.2, 0.25) is 0 Å². The number of fused-ring (bicyclic) bond motifs is 5. The van der Waals surface area contributed by atoms with Crippen LogP contribution in [-0.4, -0.2) is 0 Å². The predicted octanol–water partition coefficient (Wildman–Crippen LogP) is 2.20. The second kappa shape index (κ2) is 11.6. The minimum Gasteiger partial charge on any atom is -1.00 e. The van der Waals surface area contributed by atoms with Gasteiger partial charge in [-0.05, 0) is 0 Å². The van der Waals surface area contributed by atoms with Crippen LogP contribution in [0.15, 0.2) is 143 Å². The third-order valence-electron chi connectivity index (χ3n) is 7.98. The summed E-state index contributed by atoms with van der Waals surface area (Å²) in [6, 6.07) is 45.9. The molecule has 0 N–H and O–H groups in total. The number of halogens is 2. The summed E-state index contributed by atoms with van der Waals surface area (Å²) in [6.07, 6.45) is 8.16. The molecule has 1 unspecified atom stereocenters. The summed E-state index contributed by atoms with van der Waals surface area (Å²) < 4.78 is 5.17.